The number of hydrogen-bond acceptors (Lipinski definition) is 3. The third kappa shape index (κ3) is 1.89. The molecule has 84 valence electrons. The van der Waals surface area contributed by atoms with E-state index < -0.39 is 0 Å². The summed E-state index contributed by atoms with van der Waals surface area (Å²) >= 11 is 1.53. The SMILES string of the molecule is Fc1ccc2nc(NCC3CCC3)sc2c1. The maximum absolute atomic E-state index is 13.0. The van der Waals surface area contributed by atoms with Gasteiger partial charge in [-0.15, -0.1) is 0 Å². The molecule has 0 unspecified atom stereocenters. The lowest BCUT2D eigenvalue weighted by Crippen LogP contribution is -2.20. The quantitative estimate of drug-likeness (QED) is 0.880. The second kappa shape index (κ2) is 4.01. The van der Waals surface area contributed by atoms with Gasteiger partial charge in [0.05, 0.1) is 10.2 Å². The number of hydrogen-bond donors (Lipinski definition) is 1. The van der Waals surface area contributed by atoms with E-state index in [1.807, 2.05) is 0 Å². The van der Waals surface area contributed by atoms with Crippen LogP contribution in [-0.2, 0) is 0 Å². The fraction of sp³-hybridized carbons (Fsp3) is 0.417. The molecule has 1 aliphatic rings. The van der Waals surface area contributed by atoms with Crippen molar-refractivity contribution in [3.05, 3.63) is 24.0 Å². The summed E-state index contributed by atoms with van der Waals surface area (Å²) in [5.41, 5.74) is 0.877. The van der Waals surface area contributed by atoms with Crippen LogP contribution in [0, 0.1) is 11.7 Å². The number of benzene rings is 1. The molecular formula is C12H13FN2S. The summed E-state index contributed by atoms with van der Waals surface area (Å²) in [5.74, 6) is 0.616. The molecule has 2 aromatic rings. The molecule has 1 N–H and O–H groups in total. The molecule has 0 saturated heterocycles. The molecule has 1 aliphatic carbocycles. The van der Waals surface area contributed by atoms with E-state index in [9.17, 15) is 4.39 Å². The topological polar surface area (TPSA) is 24.9 Å². The Morgan fingerprint density at radius 2 is 2.31 bits per heavy atom. The first kappa shape index (κ1) is 10.0. The standard InChI is InChI=1S/C12H13FN2S/c13-9-4-5-10-11(6-9)16-12(15-10)14-7-8-2-1-3-8/h4-6,8H,1-3,7H2,(H,14,15). The van der Waals surface area contributed by atoms with E-state index in [1.54, 1.807) is 12.1 Å². The highest BCUT2D eigenvalue weighted by Gasteiger charge is 2.17. The van der Waals surface area contributed by atoms with E-state index >= 15 is 0 Å². The van der Waals surface area contributed by atoms with Crippen LogP contribution in [0.3, 0.4) is 0 Å². The van der Waals surface area contributed by atoms with Crippen molar-refractivity contribution >= 4 is 26.7 Å². The Labute approximate surface area is 97.5 Å². The molecule has 0 radical (unpaired) electrons. The normalized spacial score (nSPS) is 16.3. The summed E-state index contributed by atoms with van der Waals surface area (Å²) in [7, 11) is 0. The highest BCUT2D eigenvalue weighted by molar-refractivity contribution is 7.22. The van der Waals surface area contributed by atoms with E-state index in [2.05, 4.69) is 10.3 Å². The monoisotopic (exact) mass is 236 g/mol. The zero-order chi connectivity index (χ0) is 11.0. The fourth-order valence-corrected chi connectivity index (χ4v) is 2.80. The molecule has 0 spiro atoms. The molecule has 0 aliphatic heterocycles. The van der Waals surface area contributed by atoms with Crippen LogP contribution in [0.4, 0.5) is 9.52 Å². The minimum atomic E-state index is -0.193. The van der Waals surface area contributed by atoms with Crippen molar-refractivity contribution in [2.24, 2.45) is 5.92 Å². The molecule has 1 aromatic heterocycles. The molecule has 0 amide bonds. The molecule has 0 bridgehead atoms. The van der Waals surface area contributed by atoms with Gasteiger partial charge >= 0.3 is 0 Å². The average molecular weight is 236 g/mol. The van der Waals surface area contributed by atoms with Gasteiger partial charge in [0.2, 0.25) is 0 Å². The van der Waals surface area contributed by atoms with Crippen molar-refractivity contribution < 1.29 is 4.39 Å². The molecule has 2 nitrogen and oxygen atoms in total. The van der Waals surface area contributed by atoms with E-state index in [4.69, 9.17) is 0 Å². The number of anilines is 1. The van der Waals surface area contributed by atoms with Crippen molar-refractivity contribution in [2.45, 2.75) is 19.3 Å². The number of fused-ring (bicyclic) bond motifs is 1. The third-order valence-corrected chi connectivity index (χ3v) is 4.09. The molecule has 4 heteroatoms. The van der Waals surface area contributed by atoms with E-state index in [-0.39, 0.29) is 5.82 Å². The van der Waals surface area contributed by atoms with Crippen molar-refractivity contribution in [3.63, 3.8) is 0 Å². The van der Waals surface area contributed by atoms with Crippen molar-refractivity contribution in [3.8, 4) is 0 Å². The van der Waals surface area contributed by atoms with E-state index in [1.165, 1.54) is 36.7 Å². The third-order valence-electron chi connectivity index (χ3n) is 3.12. The molecule has 0 atom stereocenters. The van der Waals surface area contributed by atoms with Crippen molar-refractivity contribution in [2.75, 3.05) is 11.9 Å². The minimum absolute atomic E-state index is 0.193. The Hall–Kier alpha value is -1.16. The molecule has 16 heavy (non-hydrogen) atoms. The Morgan fingerprint density at radius 1 is 1.44 bits per heavy atom. The van der Waals surface area contributed by atoms with Crippen LogP contribution in [0.15, 0.2) is 18.2 Å². The first-order chi connectivity index (χ1) is 7.81. The maximum Gasteiger partial charge on any atom is 0.183 e. The smallest absolute Gasteiger partial charge is 0.183 e. The Balaban J connectivity index is 1.76. The van der Waals surface area contributed by atoms with Gasteiger partial charge in [0, 0.05) is 6.54 Å². The minimum Gasteiger partial charge on any atom is -0.361 e. The number of nitrogens with zero attached hydrogens (tertiary/aromatic N) is 1. The summed E-state index contributed by atoms with van der Waals surface area (Å²) in [6, 6.07) is 4.73. The molecule has 3 rings (SSSR count). The highest BCUT2D eigenvalue weighted by Crippen LogP contribution is 2.29. The summed E-state index contributed by atoms with van der Waals surface area (Å²) in [5, 5.41) is 4.25. The fourth-order valence-electron chi connectivity index (χ4n) is 1.90. The number of halogens is 1. The lowest BCUT2D eigenvalue weighted by molar-refractivity contribution is 0.333. The number of aromatic nitrogens is 1. The molecule has 1 fully saturated rings. The summed E-state index contributed by atoms with van der Waals surface area (Å²) in [6.07, 6.45) is 4.01. The molecule has 1 heterocycles. The lowest BCUT2D eigenvalue weighted by Gasteiger charge is -2.25. The number of thiazole rings is 1. The van der Waals surface area contributed by atoms with Crippen LogP contribution in [-0.4, -0.2) is 11.5 Å². The van der Waals surface area contributed by atoms with Gasteiger partial charge in [-0.25, -0.2) is 9.37 Å². The van der Waals surface area contributed by atoms with Crippen LogP contribution >= 0.6 is 11.3 Å². The Bertz CT molecular complexity index is 505. The van der Waals surface area contributed by atoms with Crippen LogP contribution in [0.5, 0.6) is 0 Å². The Morgan fingerprint density at radius 3 is 3.06 bits per heavy atom. The Kier molecular flexibility index (Phi) is 2.52. The van der Waals surface area contributed by atoms with Gasteiger partial charge in [-0.05, 0) is 37.0 Å². The van der Waals surface area contributed by atoms with E-state index in [0.717, 1.165) is 27.8 Å². The van der Waals surface area contributed by atoms with Crippen LogP contribution in [0.25, 0.3) is 10.2 Å². The highest BCUT2D eigenvalue weighted by atomic mass is 32.1. The maximum atomic E-state index is 13.0. The number of nitrogens with one attached hydrogen (secondary N) is 1. The van der Waals surface area contributed by atoms with Crippen LogP contribution < -0.4 is 5.32 Å². The second-order valence-corrected chi connectivity index (χ2v) is 5.34. The van der Waals surface area contributed by atoms with Crippen molar-refractivity contribution in [1.29, 1.82) is 0 Å². The molecule has 1 aromatic carbocycles. The van der Waals surface area contributed by atoms with Crippen molar-refractivity contribution in [1.82, 2.24) is 4.98 Å². The zero-order valence-electron chi connectivity index (χ0n) is 8.87. The van der Waals surface area contributed by atoms with Gasteiger partial charge in [0.25, 0.3) is 0 Å². The predicted octanol–water partition coefficient (Wildman–Crippen LogP) is 3.65. The summed E-state index contributed by atoms with van der Waals surface area (Å²) in [6.45, 7) is 1.00. The van der Waals surface area contributed by atoms with Crippen LogP contribution in [0.1, 0.15) is 19.3 Å². The second-order valence-electron chi connectivity index (χ2n) is 4.31. The summed E-state index contributed by atoms with van der Waals surface area (Å²) < 4.78 is 13.9. The lowest BCUT2D eigenvalue weighted by atomic mass is 9.86. The molecule has 1 saturated carbocycles. The van der Waals surface area contributed by atoms with E-state index in [0.29, 0.717) is 0 Å². The van der Waals surface area contributed by atoms with Gasteiger partial charge in [-0.3, -0.25) is 0 Å². The molecular weight excluding hydrogens is 223 g/mol. The predicted molar refractivity (Wildman–Crippen MR) is 65.4 cm³/mol. The average Bonchev–Trinajstić information content (AvgIpc) is 2.57. The number of rotatable bonds is 3. The van der Waals surface area contributed by atoms with Gasteiger partial charge in [0.1, 0.15) is 5.82 Å². The van der Waals surface area contributed by atoms with Gasteiger partial charge < -0.3 is 5.32 Å². The van der Waals surface area contributed by atoms with Crippen LogP contribution in [0.2, 0.25) is 0 Å². The first-order valence-corrected chi connectivity index (χ1v) is 6.43. The largest absolute Gasteiger partial charge is 0.361 e. The van der Waals surface area contributed by atoms with Gasteiger partial charge in [0.15, 0.2) is 5.13 Å². The van der Waals surface area contributed by atoms with Gasteiger partial charge in [-0.1, -0.05) is 17.8 Å². The zero-order valence-corrected chi connectivity index (χ0v) is 9.69. The first-order valence-electron chi connectivity index (χ1n) is 5.61. The summed E-state index contributed by atoms with van der Waals surface area (Å²) in [4.78, 5) is 4.42. The van der Waals surface area contributed by atoms with Gasteiger partial charge in [-0.2, -0.15) is 0 Å².